The number of aromatic amines is 1. The summed E-state index contributed by atoms with van der Waals surface area (Å²) in [5.74, 6) is 1.30. The third kappa shape index (κ3) is 5.40. The molecule has 184 valence electrons. The number of aliphatic hydroxyl groups is 1. The van der Waals surface area contributed by atoms with E-state index in [4.69, 9.17) is 16.3 Å². The van der Waals surface area contributed by atoms with Gasteiger partial charge in [-0.15, -0.1) is 0 Å². The summed E-state index contributed by atoms with van der Waals surface area (Å²) in [6, 6.07) is 10.7. The summed E-state index contributed by atoms with van der Waals surface area (Å²) in [6.07, 6.45) is 2.39. The van der Waals surface area contributed by atoms with Gasteiger partial charge in [0.1, 0.15) is 29.6 Å². The van der Waals surface area contributed by atoms with Crippen LogP contribution in [0.15, 0.2) is 36.4 Å². The van der Waals surface area contributed by atoms with Crippen molar-refractivity contribution in [3.8, 4) is 5.75 Å². The molecule has 4 rings (SSSR count). The van der Waals surface area contributed by atoms with Crippen LogP contribution in [-0.2, 0) is 6.42 Å². The van der Waals surface area contributed by atoms with Gasteiger partial charge in [0.2, 0.25) is 0 Å². The van der Waals surface area contributed by atoms with E-state index in [1.165, 1.54) is 12.1 Å². The van der Waals surface area contributed by atoms with E-state index < -0.39 is 5.60 Å². The van der Waals surface area contributed by atoms with Gasteiger partial charge in [-0.1, -0.05) is 31.5 Å². The zero-order chi connectivity index (χ0) is 24.5. The summed E-state index contributed by atoms with van der Waals surface area (Å²) >= 11 is 6.08. The van der Waals surface area contributed by atoms with Crippen molar-refractivity contribution in [2.45, 2.75) is 64.5 Å². The minimum absolute atomic E-state index is 0.103. The highest BCUT2D eigenvalue weighted by atomic mass is 35.5. The van der Waals surface area contributed by atoms with Crippen molar-refractivity contribution >= 4 is 22.6 Å². The van der Waals surface area contributed by atoms with Crippen LogP contribution in [0.2, 0.25) is 5.02 Å². The minimum Gasteiger partial charge on any atom is -0.490 e. The Kier molecular flexibility index (Phi) is 7.51. The number of nitrogens with zero attached hydrogens (tertiary/aromatic N) is 2. The number of H-pyrrole nitrogens is 1. The van der Waals surface area contributed by atoms with Crippen molar-refractivity contribution in [2.75, 3.05) is 19.7 Å². The SMILES string of the molecule is CC(C)[C@H]1c2ccc(F)cc2OC[C@]1(O)CCN(CCCc1nc2ccc(Cl)cc2[nH]1)C(C)C. The van der Waals surface area contributed by atoms with Gasteiger partial charge in [0.15, 0.2) is 0 Å². The summed E-state index contributed by atoms with van der Waals surface area (Å²) in [5, 5.41) is 12.4. The van der Waals surface area contributed by atoms with E-state index in [0.29, 0.717) is 23.2 Å². The molecule has 0 amide bonds. The number of rotatable bonds is 9. The zero-order valence-corrected chi connectivity index (χ0v) is 21.2. The Hall–Kier alpha value is -2.15. The first-order chi connectivity index (χ1) is 16.2. The fourth-order valence-electron chi connectivity index (χ4n) is 5.25. The number of halogens is 2. The van der Waals surface area contributed by atoms with Gasteiger partial charge in [0.25, 0.3) is 0 Å². The normalized spacial score (nSPS) is 20.4. The Bertz CT molecular complexity index is 1130. The number of nitrogens with one attached hydrogen (secondary N) is 1. The topological polar surface area (TPSA) is 61.4 Å². The molecule has 2 heterocycles. The van der Waals surface area contributed by atoms with Crippen molar-refractivity contribution < 1.29 is 14.2 Å². The van der Waals surface area contributed by atoms with E-state index in [1.807, 2.05) is 18.2 Å². The predicted octanol–water partition coefficient (Wildman–Crippen LogP) is 5.95. The smallest absolute Gasteiger partial charge is 0.126 e. The van der Waals surface area contributed by atoms with Gasteiger partial charge in [0, 0.05) is 41.6 Å². The molecular weight excluding hydrogens is 453 g/mol. The number of aryl methyl sites for hydroxylation is 1. The number of hydrogen-bond donors (Lipinski definition) is 2. The molecule has 0 saturated heterocycles. The van der Waals surface area contributed by atoms with Crippen molar-refractivity contribution in [1.29, 1.82) is 0 Å². The lowest BCUT2D eigenvalue weighted by atomic mass is 9.72. The summed E-state index contributed by atoms with van der Waals surface area (Å²) in [4.78, 5) is 10.4. The van der Waals surface area contributed by atoms with Crippen molar-refractivity contribution in [2.24, 2.45) is 5.92 Å². The molecule has 7 heteroatoms. The van der Waals surface area contributed by atoms with E-state index in [9.17, 15) is 9.50 Å². The van der Waals surface area contributed by atoms with E-state index in [2.05, 4.69) is 42.6 Å². The quantitative estimate of drug-likeness (QED) is 0.391. The molecule has 2 N–H and O–H groups in total. The first-order valence-corrected chi connectivity index (χ1v) is 12.6. The highest BCUT2D eigenvalue weighted by Crippen LogP contribution is 2.45. The van der Waals surface area contributed by atoms with Crippen LogP contribution in [-0.4, -0.2) is 51.3 Å². The Morgan fingerprint density at radius 2 is 2.00 bits per heavy atom. The van der Waals surface area contributed by atoms with E-state index in [-0.39, 0.29) is 24.3 Å². The summed E-state index contributed by atoms with van der Waals surface area (Å²) in [6.45, 7) is 10.4. The maximum atomic E-state index is 13.7. The van der Waals surface area contributed by atoms with Gasteiger partial charge in [-0.3, -0.25) is 0 Å². The third-order valence-corrected chi connectivity index (χ3v) is 7.18. The molecule has 0 radical (unpaired) electrons. The fourth-order valence-corrected chi connectivity index (χ4v) is 5.42. The maximum Gasteiger partial charge on any atom is 0.126 e. The van der Waals surface area contributed by atoms with Gasteiger partial charge in [-0.2, -0.15) is 0 Å². The molecule has 0 unspecified atom stereocenters. The van der Waals surface area contributed by atoms with Gasteiger partial charge < -0.3 is 19.7 Å². The van der Waals surface area contributed by atoms with Gasteiger partial charge in [0.05, 0.1) is 11.0 Å². The third-order valence-electron chi connectivity index (χ3n) is 6.95. The van der Waals surface area contributed by atoms with E-state index in [0.717, 1.165) is 48.4 Å². The van der Waals surface area contributed by atoms with Crippen molar-refractivity contribution in [3.05, 3.63) is 58.6 Å². The summed E-state index contributed by atoms with van der Waals surface area (Å²) in [5.41, 5.74) is 1.79. The number of imidazole rings is 1. The number of ether oxygens (including phenoxy) is 1. The monoisotopic (exact) mass is 487 g/mol. The summed E-state index contributed by atoms with van der Waals surface area (Å²) < 4.78 is 19.6. The highest BCUT2D eigenvalue weighted by molar-refractivity contribution is 6.31. The zero-order valence-electron chi connectivity index (χ0n) is 20.4. The molecule has 2 atom stereocenters. The largest absolute Gasteiger partial charge is 0.490 e. The molecule has 1 aromatic heterocycles. The first-order valence-electron chi connectivity index (χ1n) is 12.2. The van der Waals surface area contributed by atoms with Gasteiger partial charge >= 0.3 is 0 Å². The first kappa shape index (κ1) is 25.0. The fraction of sp³-hybridized carbons (Fsp3) is 0.519. The lowest BCUT2D eigenvalue weighted by Gasteiger charge is -2.44. The Morgan fingerprint density at radius 3 is 2.74 bits per heavy atom. The Morgan fingerprint density at radius 1 is 1.21 bits per heavy atom. The van der Waals surface area contributed by atoms with Crippen LogP contribution >= 0.6 is 11.6 Å². The molecular formula is C27H35ClFN3O2. The summed E-state index contributed by atoms with van der Waals surface area (Å²) in [7, 11) is 0. The molecule has 0 aliphatic carbocycles. The maximum absolute atomic E-state index is 13.7. The van der Waals surface area contributed by atoms with Crippen LogP contribution in [0.25, 0.3) is 11.0 Å². The van der Waals surface area contributed by atoms with Gasteiger partial charge in [-0.05, 0) is 63.4 Å². The standard InChI is InChI=1S/C27H35ClFN3O2/c1-17(2)26-21-9-8-20(29)15-24(21)34-16-27(26,33)11-13-32(18(3)4)12-5-6-25-30-22-10-7-19(28)14-23(22)31-25/h7-10,14-15,17-18,26,33H,5-6,11-13,16H2,1-4H3,(H,30,31)/t26-,27+/m0/s1. The molecule has 0 bridgehead atoms. The van der Waals surface area contributed by atoms with Crippen LogP contribution in [0.3, 0.4) is 0 Å². The van der Waals surface area contributed by atoms with Crippen LogP contribution in [0.5, 0.6) is 5.75 Å². The molecule has 34 heavy (non-hydrogen) atoms. The highest BCUT2D eigenvalue weighted by Gasteiger charge is 2.45. The molecule has 3 aromatic rings. The number of hydrogen-bond acceptors (Lipinski definition) is 4. The van der Waals surface area contributed by atoms with Crippen molar-refractivity contribution in [3.63, 3.8) is 0 Å². The molecule has 1 aliphatic rings. The van der Waals surface area contributed by atoms with Gasteiger partial charge in [-0.25, -0.2) is 9.37 Å². The second-order valence-electron chi connectivity index (χ2n) is 10.1. The van der Waals surface area contributed by atoms with Crippen LogP contribution in [0.4, 0.5) is 4.39 Å². The molecule has 5 nitrogen and oxygen atoms in total. The second kappa shape index (κ2) is 10.2. The van der Waals surface area contributed by atoms with Crippen LogP contribution < -0.4 is 4.74 Å². The average molecular weight is 488 g/mol. The number of aromatic nitrogens is 2. The van der Waals surface area contributed by atoms with Crippen LogP contribution in [0.1, 0.15) is 57.8 Å². The van der Waals surface area contributed by atoms with Crippen LogP contribution in [0, 0.1) is 11.7 Å². The number of benzene rings is 2. The predicted molar refractivity (Wildman–Crippen MR) is 135 cm³/mol. The molecule has 0 saturated carbocycles. The molecule has 1 aliphatic heterocycles. The van der Waals surface area contributed by atoms with E-state index in [1.54, 1.807) is 6.07 Å². The minimum atomic E-state index is -0.996. The van der Waals surface area contributed by atoms with Crippen molar-refractivity contribution in [1.82, 2.24) is 14.9 Å². The molecule has 0 fully saturated rings. The lowest BCUT2D eigenvalue weighted by Crippen LogP contribution is -2.50. The van der Waals surface area contributed by atoms with E-state index >= 15 is 0 Å². The second-order valence-corrected chi connectivity index (χ2v) is 10.6. The average Bonchev–Trinajstić information content (AvgIpc) is 3.17. The lowest BCUT2D eigenvalue weighted by molar-refractivity contribution is -0.0661. The number of fused-ring (bicyclic) bond motifs is 2. The Labute approximate surface area is 206 Å². The molecule has 2 aromatic carbocycles. The molecule has 0 spiro atoms. The Balaban J connectivity index is 1.39.